The SMILES string of the molecule is C=CCSc1onc(C)c1C(=O)OCC. The molecular weight excluding hydrogens is 214 g/mol. The Balaban J connectivity index is 2.87. The zero-order valence-corrected chi connectivity index (χ0v) is 9.60. The standard InChI is InChI=1S/C10H13NO3S/c1-4-6-15-10-8(7(3)11-14-10)9(12)13-5-2/h4H,1,5-6H2,2-3H3. The van der Waals surface area contributed by atoms with E-state index in [0.717, 1.165) is 0 Å². The number of aromatic nitrogens is 1. The van der Waals surface area contributed by atoms with Crippen LogP contribution in [-0.4, -0.2) is 23.5 Å². The highest BCUT2D eigenvalue weighted by Crippen LogP contribution is 2.25. The molecule has 1 heterocycles. The Labute approximate surface area is 92.7 Å². The molecular formula is C10H13NO3S. The first-order valence-electron chi connectivity index (χ1n) is 4.57. The number of carbonyl (C=O) groups excluding carboxylic acids is 1. The fraction of sp³-hybridized carbons (Fsp3) is 0.400. The largest absolute Gasteiger partial charge is 0.462 e. The molecule has 0 amide bonds. The van der Waals surface area contributed by atoms with Crippen LogP contribution in [0.2, 0.25) is 0 Å². The molecule has 0 atom stereocenters. The highest BCUT2D eigenvalue weighted by atomic mass is 32.2. The van der Waals surface area contributed by atoms with Crippen molar-refractivity contribution in [2.75, 3.05) is 12.4 Å². The first kappa shape index (κ1) is 11.8. The lowest BCUT2D eigenvalue weighted by Gasteiger charge is -2.00. The number of hydrogen-bond acceptors (Lipinski definition) is 5. The highest BCUT2D eigenvalue weighted by Gasteiger charge is 2.21. The minimum absolute atomic E-state index is 0.342. The van der Waals surface area contributed by atoms with Gasteiger partial charge in [0.15, 0.2) is 0 Å². The molecule has 4 nitrogen and oxygen atoms in total. The fourth-order valence-corrected chi connectivity index (χ4v) is 1.75. The fourth-order valence-electron chi connectivity index (χ4n) is 1.02. The van der Waals surface area contributed by atoms with Crippen LogP contribution < -0.4 is 0 Å². The summed E-state index contributed by atoms with van der Waals surface area (Å²) >= 11 is 1.37. The summed E-state index contributed by atoms with van der Waals surface area (Å²) in [6, 6.07) is 0. The van der Waals surface area contributed by atoms with Gasteiger partial charge in [-0.15, -0.1) is 6.58 Å². The molecule has 0 fully saturated rings. The lowest BCUT2D eigenvalue weighted by Crippen LogP contribution is -2.06. The molecule has 0 bridgehead atoms. The van der Waals surface area contributed by atoms with E-state index in [4.69, 9.17) is 9.26 Å². The third-order valence-corrected chi connectivity index (χ3v) is 2.59. The third kappa shape index (κ3) is 2.86. The highest BCUT2D eigenvalue weighted by molar-refractivity contribution is 7.99. The zero-order valence-electron chi connectivity index (χ0n) is 8.78. The van der Waals surface area contributed by atoms with Crippen LogP contribution in [0, 0.1) is 6.92 Å². The van der Waals surface area contributed by atoms with Gasteiger partial charge in [0.05, 0.1) is 12.3 Å². The van der Waals surface area contributed by atoms with Gasteiger partial charge in [0.2, 0.25) is 5.09 Å². The quantitative estimate of drug-likeness (QED) is 0.439. The minimum Gasteiger partial charge on any atom is -0.462 e. The molecule has 82 valence electrons. The molecule has 0 spiro atoms. The van der Waals surface area contributed by atoms with Gasteiger partial charge < -0.3 is 9.26 Å². The van der Waals surface area contributed by atoms with Crippen molar-refractivity contribution in [3.05, 3.63) is 23.9 Å². The van der Waals surface area contributed by atoms with E-state index in [1.165, 1.54) is 11.8 Å². The van der Waals surface area contributed by atoms with Crippen LogP contribution in [0.3, 0.4) is 0 Å². The number of esters is 1. The molecule has 1 aromatic rings. The van der Waals surface area contributed by atoms with Crippen LogP contribution >= 0.6 is 11.8 Å². The molecule has 0 aliphatic rings. The Kier molecular flexibility index (Phi) is 4.42. The van der Waals surface area contributed by atoms with Gasteiger partial charge in [-0.05, 0) is 13.8 Å². The predicted octanol–water partition coefficient (Wildman–Crippen LogP) is 2.44. The van der Waals surface area contributed by atoms with Gasteiger partial charge in [-0.1, -0.05) is 23.0 Å². The van der Waals surface area contributed by atoms with Crippen LogP contribution in [0.4, 0.5) is 0 Å². The van der Waals surface area contributed by atoms with Crippen LogP contribution in [-0.2, 0) is 4.74 Å². The van der Waals surface area contributed by atoms with Gasteiger partial charge in [-0.2, -0.15) is 0 Å². The van der Waals surface area contributed by atoms with Gasteiger partial charge in [0, 0.05) is 5.75 Å². The predicted molar refractivity (Wildman–Crippen MR) is 58.1 cm³/mol. The maximum absolute atomic E-state index is 11.5. The van der Waals surface area contributed by atoms with Gasteiger partial charge in [0.1, 0.15) is 5.56 Å². The first-order chi connectivity index (χ1) is 7.20. The van der Waals surface area contributed by atoms with E-state index < -0.39 is 0 Å². The lowest BCUT2D eigenvalue weighted by atomic mass is 10.3. The Morgan fingerprint density at radius 3 is 3.07 bits per heavy atom. The molecule has 1 aromatic heterocycles. The Bertz CT molecular complexity index is 360. The monoisotopic (exact) mass is 227 g/mol. The summed E-state index contributed by atoms with van der Waals surface area (Å²) in [4.78, 5) is 11.5. The van der Waals surface area contributed by atoms with Crippen LogP contribution in [0.15, 0.2) is 22.3 Å². The maximum atomic E-state index is 11.5. The molecule has 0 aliphatic heterocycles. The second kappa shape index (κ2) is 5.60. The molecule has 0 aromatic carbocycles. The third-order valence-electron chi connectivity index (χ3n) is 1.64. The number of hydrogen-bond donors (Lipinski definition) is 0. The van der Waals surface area contributed by atoms with Crippen molar-refractivity contribution in [2.24, 2.45) is 0 Å². The van der Waals surface area contributed by atoms with Crippen molar-refractivity contribution in [1.82, 2.24) is 5.16 Å². The summed E-state index contributed by atoms with van der Waals surface area (Å²) in [7, 11) is 0. The molecule has 0 aliphatic carbocycles. The van der Waals surface area contributed by atoms with Crippen LogP contribution in [0.1, 0.15) is 23.0 Å². The molecule has 5 heteroatoms. The van der Waals surface area contributed by atoms with Crippen molar-refractivity contribution in [2.45, 2.75) is 18.9 Å². The normalized spacial score (nSPS) is 10.0. The zero-order chi connectivity index (χ0) is 11.3. The molecule has 0 N–H and O–H groups in total. The average Bonchev–Trinajstić information content (AvgIpc) is 2.57. The smallest absolute Gasteiger partial charge is 0.344 e. The topological polar surface area (TPSA) is 52.3 Å². The second-order valence-corrected chi connectivity index (χ2v) is 3.74. The Hall–Kier alpha value is -1.23. The summed E-state index contributed by atoms with van der Waals surface area (Å²) in [5.41, 5.74) is 0.976. The van der Waals surface area contributed by atoms with E-state index in [-0.39, 0.29) is 5.97 Å². The molecule has 1 rings (SSSR count). The van der Waals surface area contributed by atoms with E-state index in [2.05, 4.69) is 11.7 Å². The van der Waals surface area contributed by atoms with E-state index in [1.54, 1.807) is 19.9 Å². The molecule has 0 unspecified atom stereocenters. The molecule has 0 saturated heterocycles. The number of thioether (sulfide) groups is 1. The van der Waals surface area contributed by atoms with Gasteiger partial charge in [0.25, 0.3) is 0 Å². The first-order valence-corrected chi connectivity index (χ1v) is 5.56. The van der Waals surface area contributed by atoms with Gasteiger partial charge >= 0.3 is 5.97 Å². The van der Waals surface area contributed by atoms with Crippen LogP contribution in [0.25, 0.3) is 0 Å². The summed E-state index contributed by atoms with van der Waals surface area (Å²) in [6.45, 7) is 7.41. The average molecular weight is 227 g/mol. The molecule has 15 heavy (non-hydrogen) atoms. The van der Waals surface area contributed by atoms with E-state index in [1.807, 2.05) is 0 Å². The van der Waals surface area contributed by atoms with Crippen molar-refractivity contribution in [3.8, 4) is 0 Å². The second-order valence-electron chi connectivity index (χ2n) is 2.75. The number of aryl methyl sites for hydroxylation is 1. The lowest BCUT2D eigenvalue weighted by molar-refractivity contribution is 0.0518. The van der Waals surface area contributed by atoms with Crippen molar-refractivity contribution in [3.63, 3.8) is 0 Å². The summed E-state index contributed by atoms with van der Waals surface area (Å²) in [6.07, 6.45) is 1.73. The Morgan fingerprint density at radius 1 is 1.73 bits per heavy atom. The summed E-state index contributed by atoms with van der Waals surface area (Å²) < 4.78 is 9.94. The van der Waals surface area contributed by atoms with Gasteiger partial charge in [-0.25, -0.2) is 4.79 Å². The number of ether oxygens (including phenoxy) is 1. The minimum atomic E-state index is -0.386. The van der Waals surface area contributed by atoms with E-state index in [9.17, 15) is 4.79 Å². The number of nitrogens with zero attached hydrogens (tertiary/aromatic N) is 1. The van der Waals surface area contributed by atoms with E-state index >= 15 is 0 Å². The number of carbonyl (C=O) groups is 1. The molecule has 0 radical (unpaired) electrons. The van der Waals surface area contributed by atoms with Crippen LogP contribution in [0.5, 0.6) is 0 Å². The van der Waals surface area contributed by atoms with Crippen molar-refractivity contribution >= 4 is 17.7 Å². The number of rotatable bonds is 5. The van der Waals surface area contributed by atoms with Crippen molar-refractivity contribution in [1.29, 1.82) is 0 Å². The Morgan fingerprint density at radius 2 is 2.47 bits per heavy atom. The molecule has 0 saturated carbocycles. The van der Waals surface area contributed by atoms with Gasteiger partial charge in [-0.3, -0.25) is 0 Å². The summed E-state index contributed by atoms with van der Waals surface area (Å²) in [5, 5.41) is 4.23. The van der Waals surface area contributed by atoms with E-state index in [0.29, 0.717) is 28.7 Å². The summed E-state index contributed by atoms with van der Waals surface area (Å²) in [5.74, 6) is 0.281. The van der Waals surface area contributed by atoms with Crippen molar-refractivity contribution < 1.29 is 14.1 Å². The maximum Gasteiger partial charge on any atom is 0.344 e.